The molecule has 0 saturated heterocycles. The molecule has 0 aliphatic heterocycles. The highest BCUT2D eigenvalue weighted by molar-refractivity contribution is 5.99. The van der Waals surface area contributed by atoms with Gasteiger partial charge in [-0.25, -0.2) is 9.48 Å². The first-order chi connectivity index (χ1) is 14.2. The van der Waals surface area contributed by atoms with Crippen LogP contribution in [0, 0.1) is 6.92 Å². The maximum absolute atomic E-state index is 12.9. The summed E-state index contributed by atoms with van der Waals surface area (Å²) >= 11 is 0. The molecule has 0 fully saturated rings. The molecule has 0 bridgehead atoms. The number of methoxy groups -OCH3 is 1. The van der Waals surface area contributed by atoms with E-state index in [2.05, 4.69) is 5.10 Å². The number of Topliss-reactive ketones (excluding diaryl/α,β-unsaturated/α-hetero) is 1. The predicted molar refractivity (Wildman–Crippen MR) is 101 cm³/mol. The zero-order valence-corrected chi connectivity index (χ0v) is 16.1. The van der Waals surface area contributed by atoms with Crippen LogP contribution >= 0.6 is 0 Å². The van der Waals surface area contributed by atoms with Crippen molar-refractivity contribution >= 4 is 11.8 Å². The highest BCUT2D eigenvalue weighted by Gasteiger charge is 2.31. The van der Waals surface area contributed by atoms with E-state index in [-0.39, 0.29) is 17.1 Å². The Kier molecular flexibility index (Phi) is 5.91. The van der Waals surface area contributed by atoms with Crippen molar-refractivity contribution in [2.45, 2.75) is 13.1 Å². The van der Waals surface area contributed by atoms with Crippen molar-refractivity contribution in [1.82, 2.24) is 9.78 Å². The van der Waals surface area contributed by atoms with Crippen LogP contribution in [0.2, 0.25) is 0 Å². The number of ether oxygens (including phenoxy) is 2. The average Bonchev–Trinajstić information content (AvgIpc) is 3.16. The lowest BCUT2D eigenvalue weighted by atomic mass is 10.1. The van der Waals surface area contributed by atoms with Gasteiger partial charge in [0.25, 0.3) is 0 Å². The second-order valence-electron chi connectivity index (χ2n) is 6.40. The second kappa shape index (κ2) is 8.40. The van der Waals surface area contributed by atoms with Crippen molar-refractivity contribution in [3.8, 4) is 11.4 Å². The van der Waals surface area contributed by atoms with Gasteiger partial charge in [-0.2, -0.15) is 18.3 Å². The molecule has 30 heavy (non-hydrogen) atoms. The molecule has 0 aliphatic rings. The van der Waals surface area contributed by atoms with Crippen molar-refractivity contribution in [3.63, 3.8) is 0 Å². The molecular formula is C21H17F3N2O4. The molecule has 3 rings (SSSR count). The molecule has 9 heteroatoms. The third kappa shape index (κ3) is 4.68. The summed E-state index contributed by atoms with van der Waals surface area (Å²) in [5.74, 6) is -1.34. The Morgan fingerprint density at radius 2 is 1.80 bits per heavy atom. The minimum atomic E-state index is -4.52. The topological polar surface area (TPSA) is 70.4 Å². The lowest BCUT2D eigenvalue weighted by molar-refractivity contribution is -0.137. The van der Waals surface area contributed by atoms with Gasteiger partial charge < -0.3 is 9.47 Å². The number of alkyl halides is 3. The van der Waals surface area contributed by atoms with Gasteiger partial charge in [0.15, 0.2) is 18.1 Å². The second-order valence-corrected chi connectivity index (χ2v) is 6.40. The van der Waals surface area contributed by atoms with E-state index in [4.69, 9.17) is 9.47 Å². The Balaban J connectivity index is 1.78. The Bertz CT molecular complexity index is 1070. The van der Waals surface area contributed by atoms with E-state index in [1.807, 2.05) is 6.92 Å². The average molecular weight is 418 g/mol. The number of ketones is 1. The first-order valence-corrected chi connectivity index (χ1v) is 8.77. The van der Waals surface area contributed by atoms with E-state index in [0.29, 0.717) is 5.56 Å². The molecule has 0 amide bonds. The first kappa shape index (κ1) is 21.1. The van der Waals surface area contributed by atoms with E-state index in [1.54, 1.807) is 24.3 Å². The molecule has 0 atom stereocenters. The van der Waals surface area contributed by atoms with Gasteiger partial charge in [-0.15, -0.1) is 0 Å². The Morgan fingerprint density at radius 1 is 1.10 bits per heavy atom. The summed E-state index contributed by atoms with van der Waals surface area (Å²) < 4.78 is 50.0. The van der Waals surface area contributed by atoms with Crippen LogP contribution in [0.4, 0.5) is 13.2 Å². The van der Waals surface area contributed by atoms with Crippen LogP contribution in [0.1, 0.15) is 32.0 Å². The molecule has 1 aromatic heterocycles. The fourth-order valence-electron chi connectivity index (χ4n) is 2.63. The molecule has 1 heterocycles. The number of halogens is 3. The van der Waals surface area contributed by atoms with E-state index >= 15 is 0 Å². The molecule has 0 saturated carbocycles. The third-order valence-corrected chi connectivity index (χ3v) is 4.24. The summed E-state index contributed by atoms with van der Waals surface area (Å²) in [6.45, 7) is 1.36. The minimum Gasteiger partial charge on any atom is -0.493 e. The zero-order chi connectivity index (χ0) is 21.9. The zero-order valence-electron chi connectivity index (χ0n) is 16.1. The summed E-state index contributed by atoms with van der Waals surface area (Å²) in [6.07, 6.45) is -3.26. The Hall–Kier alpha value is -3.62. The Labute approximate surface area is 169 Å². The first-order valence-electron chi connectivity index (χ1n) is 8.77. The van der Waals surface area contributed by atoms with Crippen LogP contribution in [0.3, 0.4) is 0 Å². The maximum Gasteiger partial charge on any atom is 0.416 e. The van der Waals surface area contributed by atoms with Gasteiger partial charge >= 0.3 is 12.1 Å². The van der Waals surface area contributed by atoms with Crippen LogP contribution < -0.4 is 4.74 Å². The van der Waals surface area contributed by atoms with Crippen LogP contribution in [-0.2, 0) is 10.9 Å². The monoisotopic (exact) mass is 418 g/mol. The van der Waals surface area contributed by atoms with Crippen LogP contribution in [0.25, 0.3) is 5.69 Å². The molecular weight excluding hydrogens is 401 g/mol. The quantitative estimate of drug-likeness (QED) is 0.442. The number of carbonyl (C=O) groups is 2. The van der Waals surface area contributed by atoms with Crippen LogP contribution in [0.15, 0.2) is 54.7 Å². The van der Waals surface area contributed by atoms with Crippen LogP contribution in [0.5, 0.6) is 5.75 Å². The van der Waals surface area contributed by atoms with E-state index in [1.165, 1.54) is 25.4 Å². The smallest absolute Gasteiger partial charge is 0.416 e. The number of nitrogens with zero attached hydrogens (tertiary/aromatic N) is 2. The minimum absolute atomic E-state index is 0.000182. The summed E-state index contributed by atoms with van der Waals surface area (Å²) in [5, 5.41) is 3.98. The fraction of sp³-hybridized carbons (Fsp3) is 0.190. The molecule has 6 nitrogen and oxygen atoms in total. The van der Waals surface area contributed by atoms with Gasteiger partial charge in [0.05, 0.1) is 24.6 Å². The summed E-state index contributed by atoms with van der Waals surface area (Å²) in [7, 11) is 1.28. The van der Waals surface area contributed by atoms with Gasteiger partial charge in [0, 0.05) is 5.56 Å². The number of hydrogen-bond acceptors (Lipinski definition) is 5. The van der Waals surface area contributed by atoms with Crippen molar-refractivity contribution in [1.29, 1.82) is 0 Å². The number of hydrogen-bond donors (Lipinski definition) is 0. The van der Waals surface area contributed by atoms with Crippen LogP contribution in [-0.4, -0.2) is 35.2 Å². The number of aryl methyl sites for hydroxylation is 1. The van der Waals surface area contributed by atoms with Crippen molar-refractivity contribution < 1.29 is 32.2 Å². The van der Waals surface area contributed by atoms with Gasteiger partial charge in [0.2, 0.25) is 5.69 Å². The van der Waals surface area contributed by atoms with Crippen molar-refractivity contribution in [3.05, 3.63) is 77.1 Å². The molecule has 0 radical (unpaired) electrons. The number of benzene rings is 2. The predicted octanol–water partition coefficient (Wildman–Crippen LogP) is 4.25. The van der Waals surface area contributed by atoms with E-state index < -0.39 is 30.1 Å². The maximum atomic E-state index is 12.9. The van der Waals surface area contributed by atoms with Crippen molar-refractivity contribution in [2.75, 3.05) is 13.7 Å². The van der Waals surface area contributed by atoms with Gasteiger partial charge in [-0.05, 0) is 25.1 Å². The van der Waals surface area contributed by atoms with Gasteiger partial charge in [-0.3, -0.25) is 4.79 Å². The molecule has 2 aromatic carbocycles. The molecule has 0 unspecified atom stereocenters. The molecule has 0 N–H and O–H groups in total. The number of rotatable bonds is 6. The number of aromatic nitrogens is 2. The van der Waals surface area contributed by atoms with E-state index in [0.717, 1.165) is 22.4 Å². The lowest BCUT2D eigenvalue weighted by Crippen LogP contribution is -2.15. The molecule has 0 spiro atoms. The molecule has 3 aromatic rings. The fourth-order valence-corrected chi connectivity index (χ4v) is 2.63. The van der Waals surface area contributed by atoms with Crippen molar-refractivity contribution in [2.24, 2.45) is 0 Å². The largest absolute Gasteiger partial charge is 0.493 e. The van der Waals surface area contributed by atoms with Gasteiger partial charge in [-0.1, -0.05) is 35.9 Å². The van der Waals surface area contributed by atoms with E-state index in [9.17, 15) is 22.8 Å². The SMILES string of the molecule is COc1cn(-c2cccc(C(F)(F)F)c2)nc1C(=O)OCC(=O)c1ccc(C)cc1. The standard InChI is InChI=1S/C21H17F3N2O4/c1-13-6-8-14(9-7-13)17(27)12-30-20(28)19-18(29-2)11-26(25-19)16-5-3-4-15(10-16)21(22,23)24/h3-11H,12H2,1-2H3. The summed E-state index contributed by atoms with van der Waals surface area (Å²) in [6, 6.07) is 11.2. The highest BCUT2D eigenvalue weighted by atomic mass is 19.4. The highest BCUT2D eigenvalue weighted by Crippen LogP contribution is 2.30. The number of esters is 1. The normalized spacial score (nSPS) is 11.2. The summed E-state index contributed by atoms with van der Waals surface area (Å²) in [4.78, 5) is 24.5. The van der Waals surface area contributed by atoms with Gasteiger partial charge in [0.1, 0.15) is 0 Å². The third-order valence-electron chi connectivity index (χ3n) is 4.24. The molecule has 0 aliphatic carbocycles. The number of carbonyl (C=O) groups excluding carboxylic acids is 2. The lowest BCUT2D eigenvalue weighted by Gasteiger charge is -2.08. The molecule has 156 valence electrons. The summed E-state index contributed by atoms with van der Waals surface area (Å²) in [5.41, 5.74) is 0.329. The Morgan fingerprint density at radius 3 is 2.43 bits per heavy atom.